The molecule has 3 fully saturated rings. The van der Waals surface area contributed by atoms with Gasteiger partial charge in [0.15, 0.2) is 11.5 Å². The lowest BCUT2D eigenvalue weighted by Crippen LogP contribution is -2.53. The molecule has 0 radical (unpaired) electrons. The van der Waals surface area contributed by atoms with Gasteiger partial charge in [0.2, 0.25) is 11.8 Å². The number of carbonyl (C=O) groups excluding carboxylic acids is 2. The van der Waals surface area contributed by atoms with Crippen LogP contribution in [0.5, 0.6) is 11.5 Å². The molecule has 2 unspecified atom stereocenters. The molecule has 6 heteroatoms. The van der Waals surface area contributed by atoms with Gasteiger partial charge < -0.3 is 9.47 Å². The molecule has 3 heterocycles. The van der Waals surface area contributed by atoms with E-state index in [1.807, 2.05) is 24.3 Å². The predicted octanol–water partition coefficient (Wildman–Crippen LogP) is 2.47. The van der Waals surface area contributed by atoms with Crippen molar-refractivity contribution in [1.29, 1.82) is 0 Å². The van der Waals surface area contributed by atoms with Gasteiger partial charge in [0.05, 0.1) is 17.9 Å². The van der Waals surface area contributed by atoms with Crippen molar-refractivity contribution < 1.29 is 19.1 Å². The lowest BCUT2D eigenvalue weighted by atomic mass is 9.81. The summed E-state index contributed by atoms with van der Waals surface area (Å²) in [6, 6.07) is 7.76. The molecule has 4 atom stereocenters. The van der Waals surface area contributed by atoms with Crippen molar-refractivity contribution in [2.24, 2.45) is 11.8 Å². The molecule has 28 heavy (non-hydrogen) atoms. The van der Waals surface area contributed by atoms with Gasteiger partial charge in [-0.25, -0.2) is 0 Å². The molecular weight excluding hydrogens is 356 g/mol. The smallest absolute Gasteiger partial charge is 0.233 e. The highest BCUT2D eigenvalue weighted by Gasteiger charge is 2.50. The number of hydrogen-bond acceptors (Lipinski definition) is 5. The van der Waals surface area contributed by atoms with E-state index in [2.05, 4.69) is 4.90 Å². The minimum absolute atomic E-state index is 0.0103. The number of nitrogens with zero attached hydrogens (tertiary/aromatic N) is 2. The number of rotatable bonds is 3. The van der Waals surface area contributed by atoms with E-state index in [-0.39, 0.29) is 35.8 Å². The first-order valence-electron chi connectivity index (χ1n) is 10.7. The summed E-state index contributed by atoms with van der Waals surface area (Å²) in [7, 11) is 0. The fraction of sp³-hybridized carbons (Fsp3) is 0.636. The zero-order valence-corrected chi connectivity index (χ0v) is 16.2. The Balaban J connectivity index is 1.23. The summed E-state index contributed by atoms with van der Waals surface area (Å²) < 4.78 is 11.9. The van der Waals surface area contributed by atoms with Gasteiger partial charge >= 0.3 is 0 Å². The quantitative estimate of drug-likeness (QED) is 0.750. The zero-order valence-electron chi connectivity index (χ0n) is 16.2. The van der Waals surface area contributed by atoms with E-state index in [0.717, 1.165) is 69.7 Å². The van der Waals surface area contributed by atoms with Gasteiger partial charge in [-0.1, -0.05) is 25.0 Å². The van der Waals surface area contributed by atoms with Gasteiger partial charge in [-0.05, 0) is 44.4 Å². The Morgan fingerprint density at radius 1 is 0.929 bits per heavy atom. The molecule has 6 nitrogen and oxygen atoms in total. The minimum Gasteiger partial charge on any atom is -0.486 e. The molecule has 1 aromatic rings. The third-order valence-corrected chi connectivity index (χ3v) is 6.75. The van der Waals surface area contributed by atoms with Gasteiger partial charge in [-0.3, -0.25) is 19.4 Å². The highest BCUT2D eigenvalue weighted by atomic mass is 16.6. The Labute approximate surface area is 165 Å². The van der Waals surface area contributed by atoms with Gasteiger partial charge in [-0.2, -0.15) is 0 Å². The topological polar surface area (TPSA) is 59.1 Å². The second-order valence-corrected chi connectivity index (χ2v) is 8.60. The van der Waals surface area contributed by atoms with Crippen molar-refractivity contribution in [3.63, 3.8) is 0 Å². The van der Waals surface area contributed by atoms with E-state index in [9.17, 15) is 9.59 Å². The fourth-order valence-electron chi connectivity index (χ4n) is 5.40. The van der Waals surface area contributed by atoms with E-state index in [1.165, 1.54) is 0 Å². The van der Waals surface area contributed by atoms with Crippen LogP contribution in [0.25, 0.3) is 0 Å². The largest absolute Gasteiger partial charge is 0.486 e. The van der Waals surface area contributed by atoms with Crippen molar-refractivity contribution in [1.82, 2.24) is 9.80 Å². The van der Waals surface area contributed by atoms with Crippen molar-refractivity contribution in [2.45, 2.75) is 50.7 Å². The highest BCUT2D eigenvalue weighted by Crippen LogP contribution is 2.40. The second kappa shape index (κ2) is 7.39. The summed E-state index contributed by atoms with van der Waals surface area (Å²) in [6.45, 7) is 3.01. The number of benzene rings is 1. The standard InChI is InChI=1S/C22H28N2O4/c25-21-17-7-1-2-8-18(17)22(26)24(21)15-6-5-11-23(12-15)13-16-14-27-19-9-3-4-10-20(19)28-16/h3-4,9-10,15-18H,1-2,5-8,11-14H2/t15?,16?,17-,18+. The average molecular weight is 384 g/mol. The minimum atomic E-state index is -0.0526. The summed E-state index contributed by atoms with van der Waals surface area (Å²) in [4.78, 5) is 29.8. The van der Waals surface area contributed by atoms with Gasteiger partial charge in [-0.15, -0.1) is 0 Å². The number of imide groups is 1. The van der Waals surface area contributed by atoms with E-state index in [4.69, 9.17) is 9.47 Å². The molecule has 2 amide bonds. The summed E-state index contributed by atoms with van der Waals surface area (Å²) >= 11 is 0. The Morgan fingerprint density at radius 3 is 2.39 bits per heavy atom. The Kier molecular flexibility index (Phi) is 4.75. The Hall–Kier alpha value is -2.08. The van der Waals surface area contributed by atoms with Crippen LogP contribution in [0.4, 0.5) is 0 Å². The summed E-state index contributed by atoms with van der Waals surface area (Å²) in [5, 5.41) is 0. The molecule has 1 aromatic carbocycles. The van der Waals surface area contributed by atoms with Gasteiger partial charge in [0.25, 0.3) is 0 Å². The van der Waals surface area contributed by atoms with Crippen molar-refractivity contribution >= 4 is 11.8 Å². The van der Waals surface area contributed by atoms with E-state index < -0.39 is 0 Å². The summed E-state index contributed by atoms with van der Waals surface area (Å²) in [5.74, 6) is 1.67. The number of amides is 2. The Morgan fingerprint density at radius 2 is 1.64 bits per heavy atom. The van der Waals surface area contributed by atoms with Crippen LogP contribution in [-0.2, 0) is 9.59 Å². The van der Waals surface area contributed by atoms with Crippen LogP contribution in [0.2, 0.25) is 0 Å². The molecule has 0 aromatic heterocycles. The van der Waals surface area contributed by atoms with Gasteiger partial charge in [0.1, 0.15) is 12.7 Å². The zero-order chi connectivity index (χ0) is 19.1. The first-order chi connectivity index (χ1) is 13.7. The normalized spacial score (nSPS) is 33.1. The number of para-hydroxylation sites is 2. The van der Waals surface area contributed by atoms with Crippen molar-refractivity contribution in [3.05, 3.63) is 24.3 Å². The number of carbonyl (C=O) groups is 2. The monoisotopic (exact) mass is 384 g/mol. The maximum Gasteiger partial charge on any atom is 0.233 e. The number of ether oxygens (including phenoxy) is 2. The first kappa shape index (κ1) is 18.0. The molecule has 3 aliphatic heterocycles. The molecular formula is C22H28N2O4. The van der Waals surface area contributed by atoms with Crippen molar-refractivity contribution in [2.75, 3.05) is 26.2 Å². The molecule has 4 aliphatic rings. The molecule has 150 valence electrons. The third kappa shape index (κ3) is 3.17. The fourth-order valence-corrected chi connectivity index (χ4v) is 5.40. The lowest BCUT2D eigenvalue weighted by molar-refractivity contribution is -0.144. The highest BCUT2D eigenvalue weighted by molar-refractivity contribution is 6.05. The van der Waals surface area contributed by atoms with E-state index in [0.29, 0.717) is 6.61 Å². The van der Waals surface area contributed by atoms with Crippen LogP contribution in [0.15, 0.2) is 24.3 Å². The summed E-state index contributed by atoms with van der Waals surface area (Å²) in [6.07, 6.45) is 5.81. The molecule has 2 saturated heterocycles. The number of hydrogen-bond donors (Lipinski definition) is 0. The number of piperidine rings is 1. The van der Waals surface area contributed by atoms with Crippen LogP contribution in [-0.4, -0.2) is 60.0 Å². The Bertz CT molecular complexity index is 743. The van der Waals surface area contributed by atoms with Crippen molar-refractivity contribution in [3.8, 4) is 11.5 Å². The maximum atomic E-state index is 12.9. The molecule has 0 bridgehead atoms. The van der Waals surface area contributed by atoms with Crippen LogP contribution in [0, 0.1) is 11.8 Å². The van der Waals surface area contributed by atoms with Crippen LogP contribution < -0.4 is 9.47 Å². The third-order valence-electron chi connectivity index (χ3n) is 6.75. The molecule has 5 rings (SSSR count). The van der Waals surface area contributed by atoms with Gasteiger partial charge in [0, 0.05) is 13.1 Å². The predicted molar refractivity (Wildman–Crippen MR) is 103 cm³/mol. The average Bonchev–Trinajstić information content (AvgIpc) is 2.99. The van der Waals surface area contributed by atoms with E-state index in [1.54, 1.807) is 4.90 Å². The number of likely N-dealkylation sites (tertiary alicyclic amines) is 2. The lowest BCUT2D eigenvalue weighted by Gasteiger charge is -2.39. The van der Waals surface area contributed by atoms with Crippen LogP contribution >= 0.6 is 0 Å². The SMILES string of the molecule is O=C1[C@H]2CCCC[C@H]2C(=O)N1C1CCCN(CC2COc3ccccc3O2)C1. The van der Waals surface area contributed by atoms with Crippen LogP contribution in [0.1, 0.15) is 38.5 Å². The molecule has 1 saturated carbocycles. The second-order valence-electron chi connectivity index (χ2n) is 8.60. The number of fused-ring (bicyclic) bond motifs is 2. The summed E-state index contributed by atoms with van der Waals surface area (Å²) in [5.41, 5.74) is 0. The maximum absolute atomic E-state index is 12.9. The van der Waals surface area contributed by atoms with E-state index >= 15 is 0 Å². The molecule has 1 aliphatic carbocycles. The molecule has 0 spiro atoms. The van der Waals surface area contributed by atoms with Crippen LogP contribution in [0.3, 0.4) is 0 Å². The first-order valence-corrected chi connectivity index (χ1v) is 10.7. The molecule has 0 N–H and O–H groups in total.